The average Bonchev–Trinajstić information content (AvgIpc) is 3.46. The van der Waals surface area contributed by atoms with E-state index in [1.54, 1.807) is 24.3 Å². The van der Waals surface area contributed by atoms with Crippen LogP contribution in [0, 0.1) is 20.8 Å². The molecule has 1 atom stereocenters. The molecule has 4 aromatic rings. The van der Waals surface area contributed by atoms with E-state index in [1.807, 2.05) is 45.0 Å². The van der Waals surface area contributed by atoms with E-state index < -0.39 is 17.7 Å². The highest BCUT2D eigenvalue weighted by Crippen LogP contribution is 2.48. The maximum Gasteiger partial charge on any atom is 0.301 e. The van der Waals surface area contributed by atoms with Crippen LogP contribution in [0.25, 0.3) is 16.0 Å². The van der Waals surface area contributed by atoms with E-state index in [9.17, 15) is 14.7 Å². The maximum atomic E-state index is 13.7. The van der Waals surface area contributed by atoms with E-state index in [0.29, 0.717) is 33.5 Å². The number of rotatable bonds is 6. The third kappa shape index (κ3) is 4.38. The minimum Gasteiger partial charge on any atom is -0.507 e. The van der Waals surface area contributed by atoms with Crippen LogP contribution in [0.1, 0.15) is 33.9 Å². The first-order chi connectivity index (χ1) is 18.7. The number of nitrogens with zero attached hydrogens (tertiary/aromatic N) is 2. The number of hydrogen-bond acceptors (Lipinski definition) is 8. The van der Waals surface area contributed by atoms with Gasteiger partial charge in [-0.25, -0.2) is 4.98 Å². The number of carbonyl (C=O) groups excluding carboxylic acids is 2. The molecule has 1 saturated heterocycles. The molecule has 1 aliphatic rings. The van der Waals surface area contributed by atoms with E-state index in [4.69, 9.17) is 19.2 Å². The SMILES string of the molecule is COc1cc([C@H]2/C(=C(\O)c3ccc(C)cc3)C(=O)C(=O)N2c2nc3c(C)cc(C)cc3s2)cc(OC)c1OC. The van der Waals surface area contributed by atoms with Crippen LogP contribution < -0.4 is 19.1 Å². The fourth-order valence-electron chi connectivity index (χ4n) is 4.93. The summed E-state index contributed by atoms with van der Waals surface area (Å²) in [5, 5.41) is 11.8. The minimum atomic E-state index is -0.998. The number of aliphatic hydroxyl groups excluding tert-OH is 1. The summed E-state index contributed by atoms with van der Waals surface area (Å²) in [5.74, 6) is -0.796. The van der Waals surface area contributed by atoms with Crippen LogP contribution in [0.15, 0.2) is 54.1 Å². The Labute approximate surface area is 230 Å². The van der Waals surface area contributed by atoms with E-state index in [0.717, 1.165) is 26.9 Å². The second-order valence-electron chi connectivity index (χ2n) is 9.42. The Balaban J connectivity index is 1.80. The van der Waals surface area contributed by atoms with Gasteiger partial charge in [-0.15, -0.1) is 0 Å². The molecule has 1 fully saturated rings. The molecule has 0 unspecified atom stereocenters. The number of methoxy groups -OCH3 is 3. The first-order valence-electron chi connectivity index (χ1n) is 12.2. The minimum absolute atomic E-state index is 0.0507. The molecular formula is C30H28N2O6S. The standard InChI is InChI=1S/C30H28N2O6S/c1-15-7-9-18(10-8-15)26(33)23-25(19-13-20(36-4)28(38-6)21(14-19)37-5)32(29(35)27(23)34)30-31-24-17(3)11-16(2)12-22(24)39-30/h7-14,25,33H,1-6H3/b26-23+/t25-/m0/s1. The molecule has 0 radical (unpaired) electrons. The van der Waals surface area contributed by atoms with Crippen LogP contribution in [-0.2, 0) is 9.59 Å². The lowest BCUT2D eigenvalue weighted by Crippen LogP contribution is -2.29. The average molecular weight is 545 g/mol. The topological polar surface area (TPSA) is 98.2 Å². The van der Waals surface area contributed by atoms with E-state index in [1.165, 1.54) is 37.6 Å². The van der Waals surface area contributed by atoms with Crippen molar-refractivity contribution in [3.8, 4) is 17.2 Å². The fourth-order valence-corrected chi connectivity index (χ4v) is 6.10. The highest BCUT2D eigenvalue weighted by Gasteiger charge is 2.48. The summed E-state index contributed by atoms with van der Waals surface area (Å²) in [6.45, 7) is 5.88. The Morgan fingerprint density at radius 1 is 0.897 bits per heavy atom. The van der Waals surface area contributed by atoms with Crippen molar-refractivity contribution in [2.75, 3.05) is 26.2 Å². The molecule has 0 bridgehead atoms. The fraction of sp³-hybridized carbons (Fsp3) is 0.233. The van der Waals surface area contributed by atoms with Gasteiger partial charge < -0.3 is 19.3 Å². The van der Waals surface area contributed by atoms with E-state index >= 15 is 0 Å². The van der Waals surface area contributed by atoms with Crippen molar-refractivity contribution in [2.45, 2.75) is 26.8 Å². The Bertz CT molecular complexity index is 1630. The van der Waals surface area contributed by atoms with Crippen molar-refractivity contribution in [2.24, 2.45) is 0 Å². The first-order valence-corrected chi connectivity index (χ1v) is 13.1. The second-order valence-corrected chi connectivity index (χ2v) is 10.4. The van der Waals surface area contributed by atoms with Gasteiger partial charge >= 0.3 is 5.91 Å². The molecule has 1 N–H and O–H groups in total. The summed E-state index contributed by atoms with van der Waals surface area (Å²) < 4.78 is 17.5. The number of ketones is 1. The van der Waals surface area contributed by atoms with Crippen LogP contribution in [0.4, 0.5) is 5.13 Å². The van der Waals surface area contributed by atoms with Crippen LogP contribution in [0.2, 0.25) is 0 Å². The highest BCUT2D eigenvalue weighted by molar-refractivity contribution is 7.22. The third-order valence-electron chi connectivity index (χ3n) is 6.80. The van der Waals surface area contributed by atoms with E-state index in [-0.39, 0.29) is 11.3 Å². The van der Waals surface area contributed by atoms with Gasteiger partial charge in [-0.1, -0.05) is 47.2 Å². The zero-order valence-electron chi connectivity index (χ0n) is 22.5. The molecule has 1 amide bonds. The Kier molecular flexibility index (Phi) is 6.78. The van der Waals surface area contributed by atoms with Gasteiger partial charge in [0.05, 0.1) is 43.2 Å². The monoisotopic (exact) mass is 544 g/mol. The number of thiazole rings is 1. The number of benzene rings is 3. The summed E-state index contributed by atoms with van der Waals surface area (Å²) in [5.41, 5.74) is 4.64. The normalized spacial score (nSPS) is 16.7. The molecular weight excluding hydrogens is 516 g/mol. The van der Waals surface area contributed by atoms with Crippen molar-refractivity contribution in [3.05, 3.63) is 81.9 Å². The number of carbonyl (C=O) groups is 2. The zero-order chi connectivity index (χ0) is 28.0. The molecule has 200 valence electrons. The number of hydrogen-bond donors (Lipinski definition) is 1. The van der Waals surface area contributed by atoms with Crippen molar-refractivity contribution in [3.63, 3.8) is 0 Å². The molecule has 39 heavy (non-hydrogen) atoms. The maximum absolute atomic E-state index is 13.7. The number of anilines is 1. The van der Waals surface area contributed by atoms with Crippen LogP contribution in [-0.4, -0.2) is 43.1 Å². The highest BCUT2D eigenvalue weighted by atomic mass is 32.1. The quantitative estimate of drug-likeness (QED) is 0.184. The van der Waals surface area contributed by atoms with Crippen LogP contribution >= 0.6 is 11.3 Å². The molecule has 0 aliphatic carbocycles. The second kappa shape index (κ2) is 10.1. The van der Waals surface area contributed by atoms with Crippen molar-refractivity contribution in [1.29, 1.82) is 0 Å². The molecule has 9 heteroatoms. The van der Waals surface area contributed by atoms with Crippen LogP contribution in [0.5, 0.6) is 17.2 Å². The number of aryl methyl sites for hydroxylation is 3. The van der Waals surface area contributed by atoms with Gasteiger partial charge in [0.25, 0.3) is 5.78 Å². The van der Waals surface area contributed by atoms with Crippen molar-refractivity contribution >= 4 is 44.1 Å². The predicted molar refractivity (Wildman–Crippen MR) is 151 cm³/mol. The smallest absolute Gasteiger partial charge is 0.301 e. The molecule has 1 aliphatic heterocycles. The lowest BCUT2D eigenvalue weighted by molar-refractivity contribution is -0.132. The van der Waals surface area contributed by atoms with Gasteiger partial charge in [0, 0.05) is 5.56 Å². The largest absolute Gasteiger partial charge is 0.507 e. The van der Waals surface area contributed by atoms with Gasteiger partial charge in [0.1, 0.15) is 5.76 Å². The lowest BCUT2D eigenvalue weighted by atomic mass is 9.94. The van der Waals surface area contributed by atoms with Crippen molar-refractivity contribution in [1.82, 2.24) is 4.98 Å². The molecule has 0 spiro atoms. The number of aromatic nitrogens is 1. The van der Waals surface area contributed by atoms with Gasteiger partial charge in [0.2, 0.25) is 5.75 Å². The summed E-state index contributed by atoms with van der Waals surface area (Å²) in [7, 11) is 4.47. The molecule has 3 aromatic carbocycles. The number of Topliss-reactive ketones (excluding diaryl/α,β-unsaturated/α-hetero) is 1. The number of aliphatic hydroxyl groups is 1. The first kappa shape index (κ1) is 26.2. The number of amides is 1. The van der Waals surface area contributed by atoms with Gasteiger partial charge in [-0.05, 0) is 55.7 Å². The zero-order valence-corrected chi connectivity index (χ0v) is 23.3. The van der Waals surface area contributed by atoms with Crippen molar-refractivity contribution < 1.29 is 28.9 Å². The van der Waals surface area contributed by atoms with Gasteiger partial charge in [0.15, 0.2) is 16.6 Å². The molecule has 5 rings (SSSR count). The summed E-state index contributed by atoms with van der Waals surface area (Å²) in [4.78, 5) is 33.4. The third-order valence-corrected chi connectivity index (χ3v) is 7.80. The Morgan fingerprint density at radius 2 is 1.54 bits per heavy atom. The summed E-state index contributed by atoms with van der Waals surface area (Å²) in [6, 6.07) is 13.5. The molecule has 1 aromatic heterocycles. The Hall–Kier alpha value is -4.37. The van der Waals surface area contributed by atoms with Gasteiger partial charge in [-0.2, -0.15) is 0 Å². The predicted octanol–water partition coefficient (Wildman–Crippen LogP) is 5.87. The number of ether oxygens (including phenoxy) is 3. The van der Waals surface area contributed by atoms with E-state index in [2.05, 4.69) is 0 Å². The number of fused-ring (bicyclic) bond motifs is 1. The summed E-state index contributed by atoms with van der Waals surface area (Å²) in [6.07, 6.45) is 0. The Morgan fingerprint density at radius 3 is 2.13 bits per heavy atom. The van der Waals surface area contributed by atoms with Crippen LogP contribution in [0.3, 0.4) is 0 Å². The lowest BCUT2D eigenvalue weighted by Gasteiger charge is -2.24. The van der Waals surface area contributed by atoms with Gasteiger partial charge in [-0.3, -0.25) is 14.5 Å². The molecule has 8 nitrogen and oxygen atoms in total. The molecule has 0 saturated carbocycles. The molecule has 2 heterocycles. The summed E-state index contributed by atoms with van der Waals surface area (Å²) >= 11 is 1.32.